The summed E-state index contributed by atoms with van der Waals surface area (Å²) in [4.78, 5) is 5.26. The fourth-order valence-corrected chi connectivity index (χ4v) is 5.87. The van der Waals surface area contributed by atoms with Gasteiger partial charge in [-0.1, -0.05) is 25.1 Å². The third-order valence-electron chi connectivity index (χ3n) is 7.19. The van der Waals surface area contributed by atoms with Gasteiger partial charge < -0.3 is 14.5 Å². The van der Waals surface area contributed by atoms with E-state index >= 15 is 0 Å². The van der Waals surface area contributed by atoms with Gasteiger partial charge in [0.2, 0.25) is 0 Å². The molecule has 5 heteroatoms. The quantitative estimate of drug-likeness (QED) is 0.697. The molecule has 0 saturated carbocycles. The van der Waals surface area contributed by atoms with E-state index in [0.717, 1.165) is 26.1 Å². The average molecular weight is 406 g/mol. The summed E-state index contributed by atoms with van der Waals surface area (Å²) in [6.07, 6.45) is 4.55. The number of halogens is 1. The second-order valence-corrected chi connectivity index (χ2v) is 9.06. The number of anilines is 1. The maximum absolute atomic E-state index is 13.3. The lowest BCUT2D eigenvalue weighted by Crippen LogP contribution is -2.56. The van der Waals surface area contributed by atoms with Crippen LogP contribution in [-0.2, 0) is 11.8 Å². The van der Waals surface area contributed by atoms with Crippen LogP contribution >= 0.6 is 0 Å². The van der Waals surface area contributed by atoms with E-state index in [1.807, 2.05) is 6.07 Å². The number of aryl methyl sites for hydroxylation is 1. The monoisotopic (exact) mass is 405 g/mol. The molecule has 0 aromatic heterocycles. The van der Waals surface area contributed by atoms with Crippen LogP contribution in [0.4, 0.5) is 10.1 Å². The van der Waals surface area contributed by atoms with Crippen LogP contribution in [0.15, 0.2) is 36.4 Å². The highest BCUT2D eigenvalue weighted by Crippen LogP contribution is 2.51. The zero-order valence-electron chi connectivity index (χ0n) is 17.5. The van der Waals surface area contributed by atoms with Crippen LogP contribution in [-0.4, -0.2) is 43.7 Å². The molecule has 0 amide bonds. The Hall–Kier alpha value is -2.58. The van der Waals surface area contributed by atoms with Crippen LogP contribution in [0.5, 0.6) is 5.75 Å². The minimum absolute atomic E-state index is 0.180. The Kier molecular flexibility index (Phi) is 4.91. The zero-order valence-corrected chi connectivity index (χ0v) is 17.5. The molecule has 2 aromatic rings. The lowest BCUT2D eigenvalue weighted by atomic mass is 9.74. The van der Waals surface area contributed by atoms with Crippen molar-refractivity contribution < 1.29 is 9.13 Å². The number of ether oxygens (including phenoxy) is 1. The molecule has 0 aliphatic carbocycles. The van der Waals surface area contributed by atoms with Crippen molar-refractivity contribution in [1.29, 1.82) is 5.26 Å². The summed E-state index contributed by atoms with van der Waals surface area (Å²) < 4.78 is 19.1. The van der Waals surface area contributed by atoms with Gasteiger partial charge in [0.25, 0.3) is 0 Å². The maximum Gasteiger partial charge on any atom is 0.137 e. The SMILES string of the molecule is C[C@]12CN(CCCOc3ccc(F)cc3C#N)CCC1N1CCCc3cccc2c31. The van der Waals surface area contributed by atoms with Crippen molar-refractivity contribution in [2.24, 2.45) is 0 Å². The average Bonchev–Trinajstić information content (AvgIpc) is 3.02. The number of likely N-dealkylation sites (tertiary alicyclic amines) is 1. The number of hydrogen-bond donors (Lipinski definition) is 0. The van der Waals surface area contributed by atoms with E-state index in [4.69, 9.17) is 10.00 Å². The molecule has 2 aromatic carbocycles. The molecule has 156 valence electrons. The lowest BCUT2D eigenvalue weighted by Gasteiger charge is -2.46. The molecular formula is C25H28FN3O. The Morgan fingerprint density at radius 3 is 3.03 bits per heavy atom. The number of piperidine rings is 1. The van der Waals surface area contributed by atoms with E-state index in [2.05, 4.69) is 34.9 Å². The number of fused-ring (bicyclic) bond motifs is 3. The van der Waals surface area contributed by atoms with Crippen molar-refractivity contribution in [2.75, 3.05) is 37.7 Å². The molecular weight excluding hydrogens is 377 g/mol. The molecule has 3 heterocycles. The Labute approximate surface area is 177 Å². The lowest BCUT2D eigenvalue weighted by molar-refractivity contribution is 0.133. The summed E-state index contributed by atoms with van der Waals surface area (Å²) in [6, 6.07) is 13.6. The van der Waals surface area contributed by atoms with Crippen molar-refractivity contribution in [3.8, 4) is 11.8 Å². The Morgan fingerprint density at radius 1 is 1.27 bits per heavy atom. The fraction of sp³-hybridized carbons (Fsp3) is 0.480. The maximum atomic E-state index is 13.3. The van der Waals surface area contributed by atoms with Gasteiger partial charge in [-0.25, -0.2) is 4.39 Å². The van der Waals surface area contributed by atoms with E-state index in [1.165, 1.54) is 54.8 Å². The summed E-state index contributed by atoms with van der Waals surface area (Å²) in [6.45, 7) is 7.33. The van der Waals surface area contributed by atoms with Crippen molar-refractivity contribution in [2.45, 2.75) is 44.1 Å². The first-order chi connectivity index (χ1) is 14.6. The molecule has 4 nitrogen and oxygen atoms in total. The van der Waals surface area contributed by atoms with Crippen LogP contribution < -0.4 is 9.64 Å². The predicted octanol–water partition coefficient (Wildman–Crippen LogP) is 4.26. The van der Waals surface area contributed by atoms with E-state index in [-0.39, 0.29) is 11.0 Å². The van der Waals surface area contributed by atoms with Gasteiger partial charge in [-0.2, -0.15) is 5.26 Å². The van der Waals surface area contributed by atoms with Crippen molar-refractivity contribution in [1.82, 2.24) is 4.90 Å². The van der Waals surface area contributed by atoms with Crippen LogP contribution in [0.2, 0.25) is 0 Å². The second-order valence-electron chi connectivity index (χ2n) is 9.06. The molecule has 3 aliphatic heterocycles. The molecule has 0 spiro atoms. The van der Waals surface area contributed by atoms with Crippen LogP contribution in [0.3, 0.4) is 0 Å². The number of benzene rings is 2. The summed E-state index contributed by atoms with van der Waals surface area (Å²) in [5, 5.41) is 9.16. The second kappa shape index (κ2) is 7.59. The molecule has 0 N–H and O–H groups in total. The zero-order chi connectivity index (χ0) is 20.7. The number of para-hydroxylation sites is 1. The molecule has 5 rings (SSSR count). The number of rotatable bonds is 5. The van der Waals surface area contributed by atoms with Gasteiger partial charge >= 0.3 is 0 Å². The first kappa shape index (κ1) is 19.4. The largest absolute Gasteiger partial charge is 0.492 e. The fourth-order valence-electron chi connectivity index (χ4n) is 5.87. The first-order valence-corrected chi connectivity index (χ1v) is 11.0. The van der Waals surface area contributed by atoms with Gasteiger partial charge in [0.1, 0.15) is 17.6 Å². The molecule has 1 saturated heterocycles. The highest BCUT2D eigenvalue weighted by molar-refractivity contribution is 5.70. The van der Waals surface area contributed by atoms with Gasteiger partial charge in [-0.15, -0.1) is 0 Å². The minimum atomic E-state index is -0.409. The molecule has 2 atom stereocenters. The number of hydrogen-bond acceptors (Lipinski definition) is 4. The summed E-state index contributed by atoms with van der Waals surface area (Å²) in [7, 11) is 0. The van der Waals surface area contributed by atoms with Crippen LogP contribution in [0.25, 0.3) is 0 Å². The number of nitriles is 1. The van der Waals surface area contributed by atoms with E-state index in [9.17, 15) is 4.39 Å². The van der Waals surface area contributed by atoms with Crippen molar-refractivity contribution in [3.05, 3.63) is 58.9 Å². The highest BCUT2D eigenvalue weighted by Gasteiger charge is 2.51. The molecule has 3 aliphatic rings. The van der Waals surface area contributed by atoms with Gasteiger partial charge in [0.15, 0.2) is 0 Å². The molecule has 1 unspecified atom stereocenters. The van der Waals surface area contributed by atoms with Crippen LogP contribution in [0.1, 0.15) is 42.9 Å². The Bertz CT molecular complexity index is 1000. The van der Waals surface area contributed by atoms with Gasteiger partial charge in [0.05, 0.1) is 12.2 Å². The highest BCUT2D eigenvalue weighted by atomic mass is 19.1. The molecule has 0 bridgehead atoms. The Balaban J connectivity index is 1.23. The summed E-state index contributed by atoms with van der Waals surface area (Å²) in [5.74, 6) is 0.0591. The van der Waals surface area contributed by atoms with Gasteiger partial charge in [-0.05, 0) is 55.0 Å². The predicted molar refractivity (Wildman–Crippen MR) is 116 cm³/mol. The minimum Gasteiger partial charge on any atom is -0.492 e. The smallest absolute Gasteiger partial charge is 0.137 e. The van der Waals surface area contributed by atoms with Gasteiger partial charge in [0, 0.05) is 43.3 Å². The molecule has 1 fully saturated rings. The molecule has 0 radical (unpaired) electrons. The standard InChI is InChI=1S/C25H28FN3O/c1-25-17-28(11-4-14-30-22-9-8-20(26)15-19(22)16-27)13-10-23(25)29-12-3-6-18-5-2-7-21(25)24(18)29/h2,5,7-9,15,23H,3-4,6,10-14,17H2,1H3/t23?,25-/m1/s1. The summed E-state index contributed by atoms with van der Waals surface area (Å²) >= 11 is 0. The van der Waals surface area contributed by atoms with Crippen LogP contribution in [0, 0.1) is 17.1 Å². The van der Waals surface area contributed by atoms with Crippen molar-refractivity contribution >= 4 is 5.69 Å². The van der Waals surface area contributed by atoms with E-state index in [1.54, 1.807) is 6.07 Å². The number of nitrogens with zero attached hydrogens (tertiary/aromatic N) is 3. The van der Waals surface area contributed by atoms with E-state index < -0.39 is 5.82 Å². The van der Waals surface area contributed by atoms with Crippen molar-refractivity contribution in [3.63, 3.8) is 0 Å². The summed E-state index contributed by atoms with van der Waals surface area (Å²) in [5.41, 5.74) is 5.03. The van der Waals surface area contributed by atoms with Gasteiger partial charge in [-0.3, -0.25) is 0 Å². The normalized spacial score (nSPS) is 24.8. The third kappa shape index (κ3) is 3.15. The molecule has 30 heavy (non-hydrogen) atoms. The topological polar surface area (TPSA) is 39.5 Å². The Morgan fingerprint density at radius 2 is 2.17 bits per heavy atom. The first-order valence-electron chi connectivity index (χ1n) is 11.0. The van der Waals surface area contributed by atoms with E-state index in [0.29, 0.717) is 18.4 Å². The third-order valence-corrected chi connectivity index (χ3v) is 7.19.